The fourth-order valence-corrected chi connectivity index (χ4v) is 3.87. The first-order chi connectivity index (χ1) is 8.13. The van der Waals surface area contributed by atoms with Gasteiger partial charge in [-0.05, 0) is 40.2 Å². The lowest BCUT2D eigenvalue weighted by atomic mass is 9.99. The monoisotopic (exact) mass is 253 g/mol. The van der Waals surface area contributed by atoms with Gasteiger partial charge in [0.25, 0.3) is 0 Å². The number of aromatic nitrogens is 1. The molecule has 1 saturated heterocycles. The van der Waals surface area contributed by atoms with Gasteiger partial charge in [-0.3, -0.25) is 4.90 Å². The average molecular weight is 253 g/mol. The van der Waals surface area contributed by atoms with Crippen molar-refractivity contribution in [2.24, 2.45) is 5.73 Å². The molecule has 0 aliphatic carbocycles. The van der Waals surface area contributed by atoms with Gasteiger partial charge in [0.05, 0.1) is 10.7 Å². The largest absolute Gasteiger partial charge is 0.329 e. The van der Waals surface area contributed by atoms with Gasteiger partial charge in [-0.15, -0.1) is 11.3 Å². The third kappa shape index (κ3) is 2.69. The van der Waals surface area contributed by atoms with Gasteiger partial charge in [-0.2, -0.15) is 0 Å². The maximum Gasteiger partial charge on any atom is 0.0900 e. The molecule has 0 aromatic carbocycles. The van der Waals surface area contributed by atoms with E-state index in [1.807, 2.05) is 11.3 Å². The Bertz CT molecular complexity index is 375. The van der Waals surface area contributed by atoms with E-state index in [2.05, 4.69) is 30.7 Å². The molecule has 0 spiro atoms. The number of hydrogen-bond acceptors (Lipinski definition) is 4. The second kappa shape index (κ2) is 5.46. The summed E-state index contributed by atoms with van der Waals surface area (Å²) in [6.45, 7) is 8.47. The van der Waals surface area contributed by atoms with Gasteiger partial charge in [0.2, 0.25) is 0 Å². The third-order valence-corrected chi connectivity index (χ3v) is 5.00. The molecule has 0 saturated carbocycles. The Morgan fingerprint density at radius 3 is 2.82 bits per heavy atom. The fraction of sp³-hybridized carbons (Fsp3) is 0.769. The van der Waals surface area contributed by atoms with Crippen molar-refractivity contribution < 1.29 is 0 Å². The second-order valence-electron chi connectivity index (χ2n) is 4.98. The van der Waals surface area contributed by atoms with Crippen molar-refractivity contribution in [1.29, 1.82) is 0 Å². The smallest absolute Gasteiger partial charge is 0.0900 e. The molecule has 0 bridgehead atoms. The van der Waals surface area contributed by atoms with Crippen LogP contribution in [-0.4, -0.2) is 29.0 Å². The summed E-state index contributed by atoms with van der Waals surface area (Å²) in [5.41, 5.74) is 7.09. The lowest BCUT2D eigenvalue weighted by Crippen LogP contribution is -2.45. The van der Waals surface area contributed by atoms with Gasteiger partial charge >= 0.3 is 0 Å². The van der Waals surface area contributed by atoms with Crippen molar-refractivity contribution in [3.8, 4) is 0 Å². The standard InChI is InChI=1S/C13H23N3S/c1-9-13(17-11(3)15-9)10(2)16-7-5-4-6-12(16)8-14/h10,12H,4-8,14H2,1-3H3. The number of piperidine rings is 1. The quantitative estimate of drug-likeness (QED) is 0.900. The van der Waals surface area contributed by atoms with Crippen LogP contribution in [0.4, 0.5) is 0 Å². The Kier molecular flexibility index (Phi) is 4.17. The highest BCUT2D eigenvalue weighted by Crippen LogP contribution is 2.32. The van der Waals surface area contributed by atoms with Crippen molar-refractivity contribution in [2.45, 2.75) is 52.1 Å². The zero-order valence-corrected chi connectivity index (χ0v) is 11.9. The molecule has 2 N–H and O–H groups in total. The SMILES string of the molecule is Cc1nc(C)c(C(C)N2CCCCC2CN)s1. The molecule has 2 heterocycles. The fourth-order valence-electron chi connectivity index (χ4n) is 2.87. The topological polar surface area (TPSA) is 42.2 Å². The van der Waals surface area contributed by atoms with Crippen LogP contribution in [-0.2, 0) is 0 Å². The number of thiazole rings is 1. The Balaban J connectivity index is 2.17. The molecule has 1 aliphatic rings. The Morgan fingerprint density at radius 2 is 2.24 bits per heavy atom. The van der Waals surface area contributed by atoms with Crippen LogP contribution in [0.25, 0.3) is 0 Å². The molecule has 0 radical (unpaired) electrons. The van der Waals surface area contributed by atoms with Gasteiger partial charge in [-0.25, -0.2) is 4.98 Å². The van der Waals surface area contributed by atoms with Crippen LogP contribution >= 0.6 is 11.3 Å². The van der Waals surface area contributed by atoms with E-state index in [0.29, 0.717) is 12.1 Å². The molecule has 2 rings (SSSR count). The van der Waals surface area contributed by atoms with Gasteiger partial charge in [-0.1, -0.05) is 6.42 Å². The first kappa shape index (κ1) is 13.0. The predicted octanol–water partition coefficient (Wildman–Crippen LogP) is 2.63. The predicted molar refractivity (Wildman–Crippen MR) is 73.4 cm³/mol. The molecule has 1 fully saturated rings. The second-order valence-corrected chi connectivity index (χ2v) is 6.22. The summed E-state index contributed by atoms with van der Waals surface area (Å²) in [5.74, 6) is 0. The van der Waals surface area contributed by atoms with Gasteiger partial charge < -0.3 is 5.73 Å². The Hall–Kier alpha value is -0.450. The number of likely N-dealkylation sites (tertiary alicyclic amines) is 1. The summed E-state index contributed by atoms with van der Waals surface area (Å²) in [7, 11) is 0. The van der Waals surface area contributed by atoms with Crippen molar-refractivity contribution in [3.05, 3.63) is 15.6 Å². The van der Waals surface area contributed by atoms with Crippen molar-refractivity contribution in [2.75, 3.05) is 13.1 Å². The van der Waals surface area contributed by atoms with Crippen LogP contribution in [0.1, 0.15) is 47.8 Å². The van der Waals surface area contributed by atoms with Gasteiger partial charge in [0.1, 0.15) is 0 Å². The first-order valence-electron chi connectivity index (χ1n) is 6.53. The van der Waals surface area contributed by atoms with E-state index < -0.39 is 0 Å². The summed E-state index contributed by atoms with van der Waals surface area (Å²) >= 11 is 1.84. The van der Waals surface area contributed by atoms with E-state index in [1.165, 1.54) is 41.4 Å². The zero-order valence-electron chi connectivity index (χ0n) is 11.1. The summed E-state index contributed by atoms with van der Waals surface area (Å²) in [6, 6.07) is 1.02. The molecule has 1 aliphatic heterocycles. The summed E-state index contributed by atoms with van der Waals surface area (Å²) in [4.78, 5) is 8.53. The minimum Gasteiger partial charge on any atom is -0.329 e. The van der Waals surface area contributed by atoms with Crippen LogP contribution in [0.3, 0.4) is 0 Å². The molecule has 2 atom stereocenters. The lowest BCUT2D eigenvalue weighted by molar-refractivity contribution is 0.109. The molecule has 1 aromatic heterocycles. The van der Waals surface area contributed by atoms with E-state index in [0.717, 1.165) is 6.54 Å². The van der Waals surface area contributed by atoms with Crippen LogP contribution in [0, 0.1) is 13.8 Å². The minimum absolute atomic E-state index is 0.468. The van der Waals surface area contributed by atoms with Crippen molar-refractivity contribution in [1.82, 2.24) is 9.88 Å². The molecule has 1 aromatic rings. The summed E-state index contributed by atoms with van der Waals surface area (Å²) in [6.07, 6.45) is 3.88. The number of rotatable bonds is 3. The third-order valence-electron chi connectivity index (χ3n) is 3.76. The molecule has 2 unspecified atom stereocenters. The average Bonchev–Trinajstić information content (AvgIpc) is 2.67. The van der Waals surface area contributed by atoms with Crippen LogP contribution < -0.4 is 5.73 Å². The van der Waals surface area contributed by atoms with Crippen molar-refractivity contribution in [3.63, 3.8) is 0 Å². The number of aryl methyl sites for hydroxylation is 2. The Morgan fingerprint density at radius 1 is 1.47 bits per heavy atom. The van der Waals surface area contributed by atoms with E-state index in [1.54, 1.807) is 0 Å². The molecule has 17 heavy (non-hydrogen) atoms. The van der Waals surface area contributed by atoms with Crippen LogP contribution in [0.2, 0.25) is 0 Å². The van der Waals surface area contributed by atoms with E-state index in [-0.39, 0.29) is 0 Å². The highest BCUT2D eigenvalue weighted by atomic mass is 32.1. The van der Waals surface area contributed by atoms with Crippen LogP contribution in [0.5, 0.6) is 0 Å². The highest BCUT2D eigenvalue weighted by Gasteiger charge is 2.28. The molecule has 0 amide bonds. The minimum atomic E-state index is 0.468. The van der Waals surface area contributed by atoms with Crippen molar-refractivity contribution >= 4 is 11.3 Å². The number of hydrogen-bond donors (Lipinski definition) is 1. The highest BCUT2D eigenvalue weighted by molar-refractivity contribution is 7.11. The first-order valence-corrected chi connectivity index (χ1v) is 7.35. The molecular weight excluding hydrogens is 230 g/mol. The van der Waals surface area contributed by atoms with Crippen LogP contribution in [0.15, 0.2) is 0 Å². The summed E-state index contributed by atoms with van der Waals surface area (Å²) in [5, 5.41) is 1.17. The number of nitrogens with two attached hydrogens (primary N) is 1. The molecule has 3 nitrogen and oxygen atoms in total. The van der Waals surface area contributed by atoms with Gasteiger partial charge in [0, 0.05) is 23.5 Å². The normalized spacial score (nSPS) is 23.9. The summed E-state index contributed by atoms with van der Waals surface area (Å²) < 4.78 is 0. The maximum atomic E-state index is 5.90. The molecule has 4 heteroatoms. The maximum absolute atomic E-state index is 5.90. The van der Waals surface area contributed by atoms with E-state index in [4.69, 9.17) is 5.73 Å². The zero-order chi connectivity index (χ0) is 12.4. The lowest BCUT2D eigenvalue weighted by Gasteiger charge is -2.39. The van der Waals surface area contributed by atoms with Gasteiger partial charge in [0.15, 0.2) is 0 Å². The Labute approximate surface area is 108 Å². The van der Waals surface area contributed by atoms with E-state index >= 15 is 0 Å². The number of nitrogens with zero attached hydrogens (tertiary/aromatic N) is 2. The molecular formula is C13H23N3S. The molecule has 96 valence electrons. The van der Waals surface area contributed by atoms with E-state index in [9.17, 15) is 0 Å².